The van der Waals surface area contributed by atoms with Gasteiger partial charge >= 0.3 is 0 Å². The molecule has 0 aliphatic carbocycles. The molecule has 35 heavy (non-hydrogen) atoms. The van der Waals surface area contributed by atoms with E-state index in [0.29, 0.717) is 34.4 Å². The van der Waals surface area contributed by atoms with Crippen molar-refractivity contribution in [1.82, 2.24) is 25.0 Å². The highest BCUT2D eigenvalue weighted by molar-refractivity contribution is 6.14. The first-order valence-electron chi connectivity index (χ1n) is 11.6. The zero-order valence-corrected chi connectivity index (χ0v) is 20.7. The fourth-order valence-electron chi connectivity index (χ4n) is 4.71. The molecule has 5 rings (SSSR count). The van der Waals surface area contributed by atoms with Crippen molar-refractivity contribution in [2.45, 2.75) is 46.6 Å². The SMILES string of the molecule is COc1cc2c(cc1-c1c(C)noc1C)[nH]c1nc(C)nc(N=C3C(C#N)=CCCC(C)N3C)c12. The van der Waals surface area contributed by atoms with Crippen LogP contribution in [0.15, 0.2) is 33.3 Å². The van der Waals surface area contributed by atoms with E-state index >= 15 is 0 Å². The van der Waals surface area contributed by atoms with Crippen LogP contribution in [0.3, 0.4) is 0 Å². The van der Waals surface area contributed by atoms with Gasteiger partial charge in [-0.15, -0.1) is 0 Å². The molecule has 0 fully saturated rings. The van der Waals surface area contributed by atoms with Crippen LogP contribution in [0.25, 0.3) is 33.1 Å². The Hall–Kier alpha value is -4.19. The average molecular weight is 470 g/mol. The lowest BCUT2D eigenvalue weighted by Gasteiger charge is -2.25. The number of hydrogen-bond acceptors (Lipinski definition) is 7. The second-order valence-electron chi connectivity index (χ2n) is 8.94. The van der Waals surface area contributed by atoms with Gasteiger partial charge in [0.1, 0.15) is 34.9 Å². The molecule has 9 heteroatoms. The number of hydrogen-bond donors (Lipinski definition) is 1. The Kier molecular flexibility index (Phi) is 5.52. The van der Waals surface area contributed by atoms with Gasteiger partial charge in [0.25, 0.3) is 0 Å². The van der Waals surface area contributed by atoms with Crippen molar-refractivity contribution >= 4 is 33.6 Å². The predicted octanol–water partition coefficient (Wildman–Crippen LogP) is 5.29. The first-order valence-corrected chi connectivity index (χ1v) is 11.6. The third-order valence-corrected chi connectivity index (χ3v) is 6.67. The number of nitrogens with zero attached hydrogens (tertiary/aromatic N) is 6. The molecule has 1 unspecified atom stereocenters. The van der Waals surface area contributed by atoms with Gasteiger partial charge in [-0.1, -0.05) is 11.2 Å². The molecule has 4 heterocycles. The number of allylic oxidation sites excluding steroid dienone is 1. The lowest BCUT2D eigenvalue weighted by molar-refractivity contribution is 0.377. The number of rotatable bonds is 3. The Balaban J connectivity index is 1.80. The summed E-state index contributed by atoms with van der Waals surface area (Å²) in [5.74, 6) is 3.13. The second kappa shape index (κ2) is 8.55. The lowest BCUT2D eigenvalue weighted by atomic mass is 10.0. The zero-order valence-electron chi connectivity index (χ0n) is 20.7. The maximum atomic E-state index is 9.81. The van der Waals surface area contributed by atoms with E-state index in [4.69, 9.17) is 14.3 Å². The number of nitrogens with one attached hydrogen (secondary N) is 1. The van der Waals surface area contributed by atoms with Crippen LogP contribution in [-0.2, 0) is 0 Å². The first kappa shape index (κ1) is 22.6. The molecule has 9 nitrogen and oxygen atoms in total. The standard InChI is InChI=1S/C26H27N7O2/c1-13-8-7-9-17(12-27)26(33(13)5)31-25-23-18-11-21(34-6)19(22-14(2)32-35-15(22)3)10-20(18)30-24(23)28-16(4)29-25/h9-11,13H,7-8H2,1-6H3,(H,28,29,30). The summed E-state index contributed by atoms with van der Waals surface area (Å²) in [6.07, 6.45) is 3.74. The minimum Gasteiger partial charge on any atom is -0.496 e. The molecule has 1 aromatic carbocycles. The molecule has 1 aliphatic rings. The third-order valence-electron chi connectivity index (χ3n) is 6.67. The van der Waals surface area contributed by atoms with Crippen molar-refractivity contribution in [3.8, 4) is 22.9 Å². The van der Waals surface area contributed by atoms with Gasteiger partial charge in [0.2, 0.25) is 0 Å². The van der Waals surface area contributed by atoms with Gasteiger partial charge in [0.15, 0.2) is 5.82 Å². The number of aromatic nitrogens is 4. The summed E-state index contributed by atoms with van der Waals surface area (Å²) in [4.78, 5) is 19.7. The Morgan fingerprint density at radius 2 is 2.06 bits per heavy atom. The van der Waals surface area contributed by atoms with E-state index in [-0.39, 0.29) is 6.04 Å². The first-order chi connectivity index (χ1) is 16.8. The van der Waals surface area contributed by atoms with Crippen molar-refractivity contribution in [2.24, 2.45) is 4.99 Å². The number of H-pyrrole nitrogens is 1. The molecule has 3 aromatic heterocycles. The van der Waals surface area contributed by atoms with E-state index in [1.54, 1.807) is 7.11 Å². The summed E-state index contributed by atoms with van der Waals surface area (Å²) < 4.78 is 11.2. The van der Waals surface area contributed by atoms with Gasteiger partial charge in [0.05, 0.1) is 29.3 Å². The number of nitriles is 1. The Bertz CT molecular complexity index is 1550. The number of methoxy groups -OCH3 is 1. The maximum Gasteiger partial charge on any atom is 0.168 e. The quantitative estimate of drug-likeness (QED) is 0.433. The summed E-state index contributed by atoms with van der Waals surface area (Å²) in [7, 11) is 3.62. The van der Waals surface area contributed by atoms with Crippen molar-refractivity contribution in [1.29, 1.82) is 5.26 Å². The molecule has 178 valence electrons. The molecule has 0 amide bonds. The molecule has 1 N–H and O–H groups in total. The second-order valence-corrected chi connectivity index (χ2v) is 8.94. The van der Waals surface area contributed by atoms with Crippen LogP contribution in [0.1, 0.15) is 37.0 Å². The Morgan fingerprint density at radius 3 is 2.74 bits per heavy atom. The fraction of sp³-hybridized carbons (Fsp3) is 0.346. The number of benzene rings is 1. The zero-order chi connectivity index (χ0) is 24.9. The number of aromatic amines is 1. The number of aliphatic imine (C=N–C) groups is 1. The largest absolute Gasteiger partial charge is 0.496 e. The summed E-state index contributed by atoms with van der Waals surface area (Å²) >= 11 is 0. The van der Waals surface area contributed by atoms with E-state index in [1.165, 1.54) is 0 Å². The van der Waals surface area contributed by atoms with Crippen molar-refractivity contribution in [2.75, 3.05) is 14.2 Å². The van der Waals surface area contributed by atoms with E-state index in [0.717, 1.165) is 51.7 Å². The summed E-state index contributed by atoms with van der Waals surface area (Å²) in [6.45, 7) is 7.77. The molecule has 0 saturated carbocycles. The fourth-order valence-corrected chi connectivity index (χ4v) is 4.71. The highest BCUT2D eigenvalue weighted by atomic mass is 16.5. The summed E-state index contributed by atoms with van der Waals surface area (Å²) in [6, 6.07) is 6.55. The van der Waals surface area contributed by atoms with Crippen LogP contribution in [0, 0.1) is 32.1 Å². The van der Waals surface area contributed by atoms with Gasteiger partial charge in [-0.25, -0.2) is 15.0 Å². The number of amidine groups is 1. The third kappa shape index (κ3) is 3.71. The van der Waals surface area contributed by atoms with E-state index in [9.17, 15) is 5.26 Å². The molecule has 0 saturated heterocycles. The number of fused-ring (bicyclic) bond motifs is 3. The molecular formula is C26H27N7O2. The molecule has 0 radical (unpaired) electrons. The Morgan fingerprint density at radius 1 is 1.26 bits per heavy atom. The van der Waals surface area contributed by atoms with E-state index in [2.05, 4.69) is 38.0 Å². The van der Waals surface area contributed by atoms with Gasteiger partial charge in [-0.2, -0.15) is 5.26 Å². The van der Waals surface area contributed by atoms with Crippen LogP contribution in [0.2, 0.25) is 0 Å². The Labute approximate surface area is 203 Å². The van der Waals surface area contributed by atoms with Crippen LogP contribution in [0.5, 0.6) is 5.75 Å². The molecular weight excluding hydrogens is 442 g/mol. The number of likely N-dealkylation sites (N-methyl/N-ethyl adjacent to an activating group) is 1. The number of ether oxygens (including phenoxy) is 1. The van der Waals surface area contributed by atoms with Crippen LogP contribution in [-0.4, -0.2) is 51.0 Å². The molecule has 0 bridgehead atoms. The summed E-state index contributed by atoms with van der Waals surface area (Å²) in [5, 5.41) is 15.6. The maximum absolute atomic E-state index is 9.81. The van der Waals surface area contributed by atoms with Gasteiger partial charge in [-0.3, -0.25) is 0 Å². The van der Waals surface area contributed by atoms with Gasteiger partial charge in [0, 0.05) is 29.6 Å². The summed E-state index contributed by atoms with van der Waals surface area (Å²) in [5.41, 5.74) is 4.68. The number of aryl methyl sites for hydroxylation is 3. The molecule has 4 aromatic rings. The van der Waals surface area contributed by atoms with Gasteiger partial charge < -0.3 is 19.1 Å². The highest BCUT2D eigenvalue weighted by Crippen LogP contribution is 2.41. The van der Waals surface area contributed by atoms with Crippen LogP contribution >= 0.6 is 0 Å². The van der Waals surface area contributed by atoms with E-state index in [1.807, 2.05) is 46.0 Å². The lowest BCUT2D eigenvalue weighted by Crippen LogP contribution is -2.34. The smallest absolute Gasteiger partial charge is 0.168 e. The van der Waals surface area contributed by atoms with Gasteiger partial charge in [-0.05, 0) is 52.7 Å². The van der Waals surface area contributed by atoms with E-state index < -0.39 is 0 Å². The van der Waals surface area contributed by atoms with Crippen molar-refractivity contribution in [3.63, 3.8) is 0 Å². The van der Waals surface area contributed by atoms with Crippen molar-refractivity contribution in [3.05, 3.63) is 41.1 Å². The van der Waals surface area contributed by atoms with Crippen LogP contribution < -0.4 is 4.74 Å². The monoisotopic (exact) mass is 469 g/mol. The topological polar surface area (TPSA) is 116 Å². The normalized spacial score (nSPS) is 17.6. The highest BCUT2D eigenvalue weighted by Gasteiger charge is 2.24. The van der Waals surface area contributed by atoms with Crippen molar-refractivity contribution < 1.29 is 9.26 Å². The predicted molar refractivity (Wildman–Crippen MR) is 135 cm³/mol. The molecule has 1 atom stereocenters. The molecule has 1 aliphatic heterocycles. The minimum absolute atomic E-state index is 0.245. The minimum atomic E-state index is 0.245. The molecule has 0 spiro atoms. The van der Waals surface area contributed by atoms with Crippen LogP contribution in [0.4, 0.5) is 5.82 Å². The average Bonchev–Trinajstić information content (AvgIpc) is 3.32.